The zero-order valence-electron chi connectivity index (χ0n) is 16.9. The number of hydrogen-bond acceptors (Lipinski definition) is 1. The van der Waals surface area contributed by atoms with Crippen LogP contribution in [0.3, 0.4) is 0 Å². The highest BCUT2D eigenvalue weighted by atomic mass is 16.5. The first-order chi connectivity index (χ1) is 13.8. The van der Waals surface area contributed by atoms with Crippen molar-refractivity contribution in [2.75, 3.05) is 6.61 Å². The van der Waals surface area contributed by atoms with Crippen molar-refractivity contribution in [3.63, 3.8) is 0 Å². The van der Waals surface area contributed by atoms with E-state index in [4.69, 9.17) is 4.74 Å². The van der Waals surface area contributed by atoms with Gasteiger partial charge in [0.25, 0.3) is 0 Å². The molecule has 0 saturated carbocycles. The normalized spacial score (nSPS) is 10.8. The lowest BCUT2D eigenvalue weighted by molar-refractivity contribution is 0.121. The molecule has 0 saturated heterocycles. The SMILES string of the molecule is C=CCc1ccc(CCc2ccc(-c3ccc(COCCC)cc3)cc2)cc1. The molecule has 3 aromatic carbocycles. The Balaban J connectivity index is 1.55. The Morgan fingerprint density at radius 2 is 1.14 bits per heavy atom. The minimum Gasteiger partial charge on any atom is -0.377 e. The van der Waals surface area contributed by atoms with Gasteiger partial charge in [-0.05, 0) is 59.1 Å². The number of hydrogen-bond donors (Lipinski definition) is 0. The van der Waals surface area contributed by atoms with Crippen LogP contribution in [0.25, 0.3) is 11.1 Å². The molecule has 0 N–H and O–H groups in total. The van der Waals surface area contributed by atoms with Gasteiger partial charge in [0.15, 0.2) is 0 Å². The van der Waals surface area contributed by atoms with E-state index < -0.39 is 0 Å². The molecule has 3 rings (SSSR count). The summed E-state index contributed by atoms with van der Waals surface area (Å²) < 4.78 is 5.61. The average Bonchev–Trinajstić information content (AvgIpc) is 2.75. The van der Waals surface area contributed by atoms with Gasteiger partial charge in [0.2, 0.25) is 0 Å². The molecule has 1 nitrogen and oxygen atoms in total. The number of ether oxygens (including phenoxy) is 1. The summed E-state index contributed by atoms with van der Waals surface area (Å²) in [6.07, 6.45) is 6.08. The van der Waals surface area contributed by atoms with Crippen LogP contribution in [0.4, 0.5) is 0 Å². The zero-order valence-corrected chi connectivity index (χ0v) is 16.9. The van der Waals surface area contributed by atoms with Crippen LogP contribution in [-0.4, -0.2) is 6.61 Å². The highest BCUT2D eigenvalue weighted by molar-refractivity contribution is 5.64. The minimum absolute atomic E-state index is 0.696. The molecule has 0 fully saturated rings. The van der Waals surface area contributed by atoms with Crippen molar-refractivity contribution in [3.05, 3.63) is 108 Å². The van der Waals surface area contributed by atoms with Gasteiger partial charge in [-0.2, -0.15) is 0 Å². The molecule has 0 aliphatic heterocycles. The van der Waals surface area contributed by atoms with Gasteiger partial charge in [-0.25, -0.2) is 0 Å². The summed E-state index contributed by atoms with van der Waals surface area (Å²) in [5.41, 5.74) is 7.84. The van der Waals surface area contributed by atoms with Crippen molar-refractivity contribution in [1.29, 1.82) is 0 Å². The van der Waals surface area contributed by atoms with E-state index in [-0.39, 0.29) is 0 Å². The molecular weight excluding hydrogens is 340 g/mol. The van der Waals surface area contributed by atoms with Crippen LogP contribution in [0.5, 0.6) is 0 Å². The summed E-state index contributed by atoms with van der Waals surface area (Å²) in [5.74, 6) is 0. The van der Waals surface area contributed by atoms with Crippen LogP contribution in [0.1, 0.15) is 35.6 Å². The highest BCUT2D eigenvalue weighted by Crippen LogP contribution is 2.21. The first-order valence-corrected chi connectivity index (χ1v) is 10.2. The van der Waals surface area contributed by atoms with Gasteiger partial charge < -0.3 is 4.74 Å². The fraction of sp³-hybridized carbons (Fsp3) is 0.259. The molecule has 0 unspecified atom stereocenters. The number of allylic oxidation sites excluding steroid dienone is 1. The lowest BCUT2D eigenvalue weighted by Crippen LogP contribution is -1.94. The third kappa shape index (κ3) is 5.94. The second-order valence-electron chi connectivity index (χ2n) is 7.26. The molecule has 144 valence electrons. The van der Waals surface area contributed by atoms with E-state index in [0.29, 0.717) is 6.61 Å². The molecule has 0 amide bonds. The lowest BCUT2D eigenvalue weighted by Gasteiger charge is -2.07. The number of rotatable bonds is 10. The maximum absolute atomic E-state index is 5.61. The summed E-state index contributed by atoms with van der Waals surface area (Å²) in [4.78, 5) is 0. The van der Waals surface area contributed by atoms with Gasteiger partial charge in [0, 0.05) is 6.61 Å². The molecule has 0 radical (unpaired) electrons. The third-order valence-corrected chi connectivity index (χ3v) is 4.96. The Morgan fingerprint density at radius 1 is 0.679 bits per heavy atom. The molecule has 0 atom stereocenters. The Labute approximate surface area is 169 Å². The van der Waals surface area contributed by atoms with Crippen LogP contribution in [0.15, 0.2) is 85.5 Å². The maximum atomic E-state index is 5.61. The van der Waals surface area contributed by atoms with E-state index >= 15 is 0 Å². The molecule has 28 heavy (non-hydrogen) atoms. The Morgan fingerprint density at radius 3 is 1.64 bits per heavy atom. The third-order valence-electron chi connectivity index (χ3n) is 4.96. The predicted octanol–water partition coefficient (Wildman–Crippen LogP) is 6.79. The monoisotopic (exact) mass is 370 g/mol. The summed E-state index contributed by atoms with van der Waals surface area (Å²) in [7, 11) is 0. The first kappa shape index (κ1) is 20.1. The van der Waals surface area contributed by atoms with Crippen LogP contribution in [0.2, 0.25) is 0 Å². The molecular formula is C27H30O. The summed E-state index contributed by atoms with van der Waals surface area (Å²) in [6.45, 7) is 7.45. The van der Waals surface area contributed by atoms with E-state index in [0.717, 1.165) is 32.3 Å². The number of aryl methyl sites for hydroxylation is 2. The number of benzene rings is 3. The molecule has 0 aliphatic carbocycles. The van der Waals surface area contributed by atoms with Crippen molar-refractivity contribution in [2.24, 2.45) is 0 Å². The van der Waals surface area contributed by atoms with Crippen LogP contribution >= 0.6 is 0 Å². The second-order valence-corrected chi connectivity index (χ2v) is 7.26. The van der Waals surface area contributed by atoms with Crippen molar-refractivity contribution in [3.8, 4) is 11.1 Å². The maximum Gasteiger partial charge on any atom is 0.0716 e. The van der Waals surface area contributed by atoms with E-state index in [2.05, 4.69) is 86.3 Å². The molecule has 0 aliphatic rings. The smallest absolute Gasteiger partial charge is 0.0716 e. The molecule has 0 bridgehead atoms. The Kier molecular flexibility index (Phi) is 7.63. The zero-order chi connectivity index (χ0) is 19.6. The van der Waals surface area contributed by atoms with Gasteiger partial charge in [-0.1, -0.05) is 85.8 Å². The molecule has 3 aromatic rings. The van der Waals surface area contributed by atoms with Crippen LogP contribution < -0.4 is 0 Å². The Hall–Kier alpha value is -2.64. The quantitative estimate of drug-likeness (QED) is 0.282. The minimum atomic E-state index is 0.696. The largest absolute Gasteiger partial charge is 0.377 e. The van der Waals surface area contributed by atoms with Gasteiger partial charge >= 0.3 is 0 Å². The van der Waals surface area contributed by atoms with Crippen molar-refractivity contribution in [1.82, 2.24) is 0 Å². The average molecular weight is 371 g/mol. The summed E-state index contributed by atoms with van der Waals surface area (Å²) in [6, 6.07) is 26.5. The van der Waals surface area contributed by atoms with Crippen molar-refractivity contribution in [2.45, 2.75) is 39.2 Å². The van der Waals surface area contributed by atoms with E-state index in [1.807, 2.05) is 6.08 Å². The fourth-order valence-corrected chi connectivity index (χ4v) is 3.29. The highest BCUT2D eigenvalue weighted by Gasteiger charge is 2.01. The van der Waals surface area contributed by atoms with Crippen molar-refractivity contribution >= 4 is 0 Å². The van der Waals surface area contributed by atoms with Crippen molar-refractivity contribution < 1.29 is 4.74 Å². The van der Waals surface area contributed by atoms with Gasteiger partial charge in [-0.3, -0.25) is 0 Å². The first-order valence-electron chi connectivity index (χ1n) is 10.2. The molecule has 0 aromatic heterocycles. The van der Waals surface area contributed by atoms with E-state index in [9.17, 15) is 0 Å². The van der Waals surface area contributed by atoms with E-state index in [1.165, 1.54) is 33.4 Å². The van der Waals surface area contributed by atoms with Gasteiger partial charge in [0.05, 0.1) is 6.61 Å². The van der Waals surface area contributed by atoms with Gasteiger partial charge in [0.1, 0.15) is 0 Å². The topological polar surface area (TPSA) is 9.23 Å². The summed E-state index contributed by atoms with van der Waals surface area (Å²) >= 11 is 0. The predicted molar refractivity (Wildman–Crippen MR) is 120 cm³/mol. The summed E-state index contributed by atoms with van der Waals surface area (Å²) in [5, 5.41) is 0. The Bertz CT molecular complexity index is 842. The lowest BCUT2D eigenvalue weighted by atomic mass is 9.99. The van der Waals surface area contributed by atoms with Crippen LogP contribution in [0, 0.1) is 0 Å². The standard InChI is InChI=1S/C27H30O/c1-3-5-22-6-8-23(9-7-22)10-11-24-12-16-26(17-13-24)27-18-14-25(15-19-27)21-28-20-4-2/h3,6-9,12-19H,1,4-5,10-11,20-21H2,2H3. The van der Waals surface area contributed by atoms with E-state index in [1.54, 1.807) is 0 Å². The van der Waals surface area contributed by atoms with Crippen LogP contribution in [-0.2, 0) is 30.6 Å². The fourth-order valence-electron chi connectivity index (χ4n) is 3.29. The molecule has 0 heterocycles. The van der Waals surface area contributed by atoms with Gasteiger partial charge in [-0.15, -0.1) is 6.58 Å². The molecule has 1 heteroatoms. The molecule has 0 spiro atoms. The second kappa shape index (κ2) is 10.6.